The van der Waals surface area contributed by atoms with Gasteiger partial charge in [0.1, 0.15) is 0 Å². The Balaban J connectivity index is 2.00. The zero-order chi connectivity index (χ0) is 15.5. The van der Waals surface area contributed by atoms with Crippen LogP contribution < -0.4 is 14.8 Å². The summed E-state index contributed by atoms with van der Waals surface area (Å²) in [7, 11) is 0. The van der Waals surface area contributed by atoms with E-state index >= 15 is 0 Å². The second-order valence-corrected chi connectivity index (χ2v) is 5.34. The van der Waals surface area contributed by atoms with Gasteiger partial charge in [-0.25, -0.2) is 0 Å². The van der Waals surface area contributed by atoms with Crippen molar-refractivity contribution in [2.45, 2.75) is 12.5 Å². The SMILES string of the molecule is O=[N+]([O-])c1cc2c(cc1[C@H](CCO)N1CCNCC1)OCO2. The molecule has 120 valence electrons. The number of rotatable bonds is 5. The molecule has 0 spiro atoms. The summed E-state index contributed by atoms with van der Waals surface area (Å²) in [6, 6.07) is 2.90. The van der Waals surface area contributed by atoms with Gasteiger partial charge in [-0.3, -0.25) is 15.0 Å². The van der Waals surface area contributed by atoms with E-state index in [9.17, 15) is 15.2 Å². The predicted octanol–water partition coefficient (Wildman–Crippen LogP) is 0.652. The number of aliphatic hydroxyl groups is 1. The molecule has 0 bridgehead atoms. The molecule has 0 saturated carbocycles. The number of piperazine rings is 1. The summed E-state index contributed by atoms with van der Waals surface area (Å²) in [5.74, 6) is 0.928. The molecule has 0 aliphatic carbocycles. The molecule has 2 N–H and O–H groups in total. The molecule has 2 aliphatic rings. The lowest BCUT2D eigenvalue weighted by Crippen LogP contribution is -2.45. The third-order valence-electron chi connectivity index (χ3n) is 4.07. The van der Waals surface area contributed by atoms with Crippen LogP contribution in [0.1, 0.15) is 18.0 Å². The van der Waals surface area contributed by atoms with E-state index in [0.29, 0.717) is 23.5 Å². The molecule has 3 rings (SSSR count). The minimum atomic E-state index is -0.399. The summed E-state index contributed by atoms with van der Waals surface area (Å²) in [6.07, 6.45) is 0.445. The van der Waals surface area contributed by atoms with E-state index in [-0.39, 0.29) is 25.1 Å². The van der Waals surface area contributed by atoms with Gasteiger partial charge in [-0.05, 0) is 12.5 Å². The minimum Gasteiger partial charge on any atom is -0.454 e. The Bertz CT molecular complexity index is 560. The van der Waals surface area contributed by atoms with E-state index in [4.69, 9.17) is 9.47 Å². The van der Waals surface area contributed by atoms with Crippen molar-refractivity contribution in [1.29, 1.82) is 0 Å². The number of hydrogen-bond acceptors (Lipinski definition) is 7. The summed E-state index contributed by atoms with van der Waals surface area (Å²) in [5.41, 5.74) is 0.589. The summed E-state index contributed by atoms with van der Waals surface area (Å²) < 4.78 is 10.6. The molecule has 0 aromatic heterocycles. The van der Waals surface area contributed by atoms with Crippen molar-refractivity contribution in [3.05, 3.63) is 27.8 Å². The van der Waals surface area contributed by atoms with Crippen molar-refractivity contribution in [2.24, 2.45) is 0 Å². The van der Waals surface area contributed by atoms with Crippen LogP contribution in [0.15, 0.2) is 12.1 Å². The van der Waals surface area contributed by atoms with E-state index in [1.807, 2.05) is 0 Å². The van der Waals surface area contributed by atoms with Gasteiger partial charge in [0.2, 0.25) is 6.79 Å². The van der Waals surface area contributed by atoms with E-state index in [2.05, 4.69) is 10.2 Å². The first-order valence-corrected chi connectivity index (χ1v) is 7.34. The van der Waals surface area contributed by atoms with Crippen LogP contribution >= 0.6 is 0 Å². The molecule has 2 heterocycles. The number of ether oxygens (including phenoxy) is 2. The third-order valence-corrected chi connectivity index (χ3v) is 4.07. The van der Waals surface area contributed by atoms with Crippen molar-refractivity contribution >= 4 is 5.69 Å². The van der Waals surface area contributed by atoms with Crippen LogP contribution in [0, 0.1) is 10.1 Å². The molecule has 8 nitrogen and oxygen atoms in total. The van der Waals surface area contributed by atoms with E-state index < -0.39 is 4.92 Å². The van der Waals surface area contributed by atoms with Crippen LogP contribution in [0.3, 0.4) is 0 Å². The standard InChI is InChI=1S/C14H19N3O5/c18-6-1-11(16-4-2-15-3-5-16)10-7-13-14(22-9-21-13)8-12(10)17(19)20/h7-8,11,15,18H,1-6,9H2/t11-/m0/s1. The molecular weight excluding hydrogens is 290 g/mol. The third kappa shape index (κ3) is 2.85. The molecule has 1 aromatic rings. The minimum absolute atomic E-state index is 0.0150. The van der Waals surface area contributed by atoms with Crippen molar-refractivity contribution in [3.8, 4) is 11.5 Å². The molecule has 1 atom stereocenters. The van der Waals surface area contributed by atoms with E-state index in [0.717, 1.165) is 26.2 Å². The summed E-state index contributed by atoms with van der Waals surface area (Å²) in [6.45, 7) is 3.29. The first kappa shape index (κ1) is 15.0. The van der Waals surface area contributed by atoms with Crippen LogP contribution in [-0.2, 0) is 0 Å². The van der Waals surface area contributed by atoms with Crippen LogP contribution in [0.25, 0.3) is 0 Å². The first-order valence-electron chi connectivity index (χ1n) is 7.34. The van der Waals surface area contributed by atoms with E-state index in [1.165, 1.54) is 6.07 Å². The average Bonchev–Trinajstić information content (AvgIpc) is 2.99. The lowest BCUT2D eigenvalue weighted by atomic mass is 9.98. The van der Waals surface area contributed by atoms with Crippen molar-refractivity contribution in [3.63, 3.8) is 0 Å². The zero-order valence-electron chi connectivity index (χ0n) is 12.2. The highest BCUT2D eigenvalue weighted by Gasteiger charge is 2.31. The lowest BCUT2D eigenvalue weighted by Gasteiger charge is -2.34. The Hall–Kier alpha value is -1.90. The second kappa shape index (κ2) is 6.47. The average molecular weight is 309 g/mol. The molecule has 0 radical (unpaired) electrons. The number of hydrogen-bond donors (Lipinski definition) is 2. The summed E-state index contributed by atoms with van der Waals surface area (Å²) >= 11 is 0. The van der Waals surface area contributed by atoms with Gasteiger partial charge in [0.05, 0.1) is 16.6 Å². The van der Waals surface area contributed by atoms with Gasteiger partial charge >= 0.3 is 0 Å². The van der Waals surface area contributed by atoms with Crippen LogP contribution in [0.2, 0.25) is 0 Å². The fraction of sp³-hybridized carbons (Fsp3) is 0.571. The molecular formula is C14H19N3O5. The number of nitro groups is 1. The number of fused-ring (bicyclic) bond motifs is 1. The summed E-state index contributed by atoms with van der Waals surface area (Å²) in [5, 5.41) is 24.1. The Morgan fingerprint density at radius 2 is 2.00 bits per heavy atom. The Labute approximate surface area is 127 Å². The maximum atomic E-state index is 11.4. The van der Waals surface area contributed by atoms with Gasteiger partial charge < -0.3 is 19.9 Å². The van der Waals surface area contributed by atoms with Gasteiger partial charge in [-0.2, -0.15) is 0 Å². The predicted molar refractivity (Wildman–Crippen MR) is 78.1 cm³/mol. The molecule has 0 unspecified atom stereocenters. The number of nitrogens with zero attached hydrogens (tertiary/aromatic N) is 2. The van der Waals surface area contributed by atoms with Crippen LogP contribution in [0.4, 0.5) is 5.69 Å². The van der Waals surface area contributed by atoms with Gasteiger partial charge in [0, 0.05) is 38.8 Å². The van der Waals surface area contributed by atoms with Gasteiger partial charge in [-0.1, -0.05) is 0 Å². The maximum Gasteiger partial charge on any atom is 0.278 e. The molecule has 2 aliphatic heterocycles. The highest BCUT2D eigenvalue weighted by atomic mass is 16.7. The fourth-order valence-electron chi connectivity index (χ4n) is 3.02. The largest absolute Gasteiger partial charge is 0.454 e. The quantitative estimate of drug-likeness (QED) is 0.609. The second-order valence-electron chi connectivity index (χ2n) is 5.34. The van der Waals surface area contributed by atoms with E-state index in [1.54, 1.807) is 6.07 Å². The normalized spacial score (nSPS) is 19.1. The van der Waals surface area contributed by atoms with Crippen molar-refractivity contribution in [1.82, 2.24) is 10.2 Å². The topological polar surface area (TPSA) is 97.1 Å². The Morgan fingerprint density at radius 3 is 2.64 bits per heavy atom. The molecule has 8 heteroatoms. The number of benzene rings is 1. The van der Waals surface area contributed by atoms with Crippen molar-refractivity contribution < 1.29 is 19.5 Å². The Kier molecular flexibility index (Phi) is 4.41. The maximum absolute atomic E-state index is 11.4. The highest BCUT2D eigenvalue weighted by molar-refractivity contribution is 5.56. The molecule has 0 amide bonds. The zero-order valence-corrected chi connectivity index (χ0v) is 12.2. The molecule has 1 aromatic carbocycles. The van der Waals surface area contributed by atoms with Gasteiger partial charge in [-0.15, -0.1) is 0 Å². The van der Waals surface area contributed by atoms with Gasteiger partial charge in [0.15, 0.2) is 11.5 Å². The van der Waals surface area contributed by atoms with Crippen molar-refractivity contribution in [2.75, 3.05) is 39.6 Å². The number of nitro benzene ring substituents is 1. The monoisotopic (exact) mass is 309 g/mol. The number of nitrogens with one attached hydrogen (secondary N) is 1. The van der Waals surface area contributed by atoms with Gasteiger partial charge in [0.25, 0.3) is 5.69 Å². The Morgan fingerprint density at radius 1 is 1.32 bits per heavy atom. The lowest BCUT2D eigenvalue weighted by molar-refractivity contribution is -0.386. The molecule has 1 saturated heterocycles. The highest BCUT2D eigenvalue weighted by Crippen LogP contribution is 2.42. The number of aliphatic hydroxyl groups excluding tert-OH is 1. The first-order chi connectivity index (χ1) is 10.7. The smallest absolute Gasteiger partial charge is 0.278 e. The molecule has 1 fully saturated rings. The molecule has 22 heavy (non-hydrogen) atoms. The fourth-order valence-corrected chi connectivity index (χ4v) is 3.02. The summed E-state index contributed by atoms with van der Waals surface area (Å²) in [4.78, 5) is 13.2. The van der Waals surface area contributed by atoms with Crippen LogP contribution in [0.5, 0.6) is 11.5 Å². The van der Waals surface area contributed by atoms with Crippen LogP contribution in [-0.4, -0.2) is 54.5 Å².